The smallest absolute Gasteiger partial charge is 0.212 e. The van der Waals surface area contributed by atoms with Gasteiger partial charge in [0.15, 0.2) is 11.5 Å². The highest BCUT2D eigenvalue weighted by atomic mass is 32.1. The molecule has 4 aromatic rings. The normalized spacial score (nSPS) is 11.4. The van der Waals surface area contributed by atoms with Crippen molar-refractivity contribution in [3.63, 3.8) is 0 Å². The van der Waals surface area contributed by atoms with Crippen molar-refractivity contribution in [3.8, 4) is 40.1 Å². The van der Waals surface area contributed by atoms with Crippen LogP contribution in [0.4, 0.5) is 5.69 Å². The highest BCUT2D eigenvalue weighted by molar-refractivity contribution is 7.80. The number of para-hydroxylation sites is 1. The van der Waals surface area contributed by atoms with E-state index in [1.54, 1.807) is 12.1 Å². The largest absolute Gasteiger partial charge is 0.508 e. The number of nitrogens with zero attached hydrogens (tertiary/aromatic N) is 1. The second-order valence-electron chi connectivity index (χ2n) is 6.70. The highest BCUT2D eigenvalue weighted by Crippen LogP contribution is 2.39. The van der Waals surface area contributed by atoms with Gasteiger partial charge in [-0.1, -0.05) is 18.2 Å². The molecule has 7 N–H and O–H groups in total. The Labute approximate surface area is 186 Å². The fraction of sp³-hybridized carbons (Fsp3) is 0. The van der Waals surface area contributed by atoms with Crippen LogP contribution in [0.2, 0.25) is 0 Å². The molecule has 0 aliphatic rings. The van der Waals surface area contributed by atoms with E-state index in [-0.39, 0.29) is 50.0 Å². The molecule has 32 heavy (non-hydrogen) atoms. The van der Waals surface area contributed by atoms with E-state index in [9.17, 15) is 25.5 Å². The minimum Gasteiger partial charge on any atom is -0.508 e. The topological polar surface area (TPSA) is 151 Å². The van der Waals surface area contributed by atoms with Crippen molar-refractivity contribution in [1.82, 2.24) is 5.43 Å². The first kappa shape index (κ1) is 20.8. The third kappa shape index (κ3) is 4.07. The van der Waals surface area contributed by atoms with Crippen LogP contribution in [0.3, 0.4) is 0 Å². The van der Waals surface area contributed by atoms with Gasteiger partial charge in [-0.05, 0) is 36.5 Å². The Balaban J connectivity index is 1.88. The Bertz CT molecular complexity index is 1400. The minimum absolute atomic E-state index is 0.00817. The van der Waals surface area contributed by atoms with Crippen molar-refractivity contribution in [2.24, 2.45) is 4.99 Å². The standard InChI is InChI=1S/C22H17N3O6S/c26-12-6-7-14(15(28)8-12)21-20(30)19(18-16(29)9-13(27)10-17(18)31-21)23-22(32)25-24-11-4-2-1-3-5-11/h1-10,24,26-30H,(H,25,32)/b23-19-. The summed E-state index contributed by atoms with van der Waals surface area (Å²) in [5, 5.41) is 50.7. The molecule has 3 aromatic carbocycles. The van der Waals surface area contributed by atoms with Crippen molar-refractivity contribution in [2.45, 2.75) is 0 Å². The van der Waals surface area contributed by atoms with E-state index in [2.05, 4.69) is 15.8 Å². The van der Waals surface area contributed by atoms with E-state index in [0.29, 0.717) is 5.69 Å². The molecular formula is C22H17N3O6S. The van der Waals surface area contributed by atoms with Gasteiger partial charge in [-0.15, -0.1) is 0 Å². The zero-order valence-electron chi connectivity index (χ0n) is 16.3. The summed E-state index contributed by atoms with van der Waals surface area (Å²) in [6.45, 7) is 0. The monoisotopic (exact) mass is 451 g/mol. The summed E-state index contributed by atoms with van der Waals surface area (Å²) in [6, 6.07) is 15.1. The van der Waals surface area contributed by atoms with Crippen LogP contribution in [0, 0.1) is 0 Å². The Morgan fingerprint density at radius 2 is 1.56 bits per heavy atom. The van der Waals surface area contributed by atoms with Crippen LogP contribution in [0.5, 0.6) is 28.7 Å². The molecule has 9 nitrogen and oxygen atoms in total. The third-order valence-electron chi connectivity index (χ3n) is 4.48. The molecule has 1 aromatic heterocycles. The average Bonchev–Trinajstić information content (AvgIpc) is 2.75. The SMILES string of the molecule is Oc1ccc(-c2oc3cc(O)cc(O)c3/c(=N/C(=S)NNc3ccccc3)c2O)c(O)c1. The van der Waals surface area contributed by atoms with Crippen molar-refractivity contribution >= 4 is 34.0 Å². The molecule has 0 amide bonds. The molecule has 162 valence electrons. The van der Waals surface area contributed by atoms with Crippen LogP contribution in [-0.2, 0) is 0 Å². The molecule has 0 aliphatic heterocycles. The predicted octanol–water partition coefficient (Wildman–Crippen LogP) is 3.43. The number of hydrogen-bond donors (Lipinski definition) is 7. The Kier molecular flexibility index (Phi) is 5.44. The van der Waals surface area contributed by atoms with Gasteiger partial charge in [-0.2, -0.15) is 0 Å². The first-order chi connectivity index (χ1) is 15.3. The maximum atomic E-state index is 10.9. The number of rotatable bonds is 3. The molecule has 0 saturated heterocycles. The van der Waals surface area contributed by atoms with Crippen LogP contribution >= 0.6 is 12.2 Å². The van der Waals surface area contributed by atoms with E-state index in [0.717, 1.165) is 12.1 Å². The maximum absolute atomic E-state index is 10.9. The fourth-order valence-corrected chi connectivity index (χ4v) is 3.21. The van der Waals surface area contributed by atoms with Gasteiger partial charge in [-0.3, -0.25) is 10.9 Å². The zero-order valence-corrected chi connectivity index (χ0v) is 17.1. The number of hydrogen-bond acceptors (Lipinski definition) is 8. The van der Waals surface area contributed by atoms with Crippen LogP contribution in [0.15, 0.2) is 70.1 Å². The molecule has 0 bridgehead atoms. The van der Waals surface area contributed by atoms with E-state index < -0.39 is 11.5 Å². The third-order valence-corrected chi connectivity index (χ3v) is 4.67. The summed E-state index contributed by atoms with van der Waals surface area (Å²) >= 11 is 5.23. The van der Waals surface area contributed by atoms with Gasteiger partial charge < -0.3 is 29.9 Å². The second kappa shape index (κ2) is 8.36. The van der Waals surface area contributed by atoms with Crippen molar-refractivity contribution < 1.29 is 29.9 Å². The number of fused-ring (bicyclic) bond motifs is 1. The summed E-state index contributed by atoms with van der Waals surface area (Å²) in [7, 11) is 0. The van der Waals surface area contributed by atoms with Crippen molar-refractivity contribution in [1.29, 1.82) is 0 Å². The summed E-state index contributed by atoms with van der Waals surface area (Å²) in [5.41, 5.74) is 6.29. The summed E-state index contributed by atoms with van der Waals surface area (Å²) in [5.74, 6) is -1.99. The number of thiocarbonyl (C=S) groups is 1. The molecule has 0 aliphatic carbocycles. The van der Waals surface area contributed by atoms with Gasteiger partial charge in [0.2, 0.25) is 5.11 Å². The van der Waals surface area contributed by atoms with Gasteiger partial charge in [0.25, 0.3) is 0 Å². The summed E-state index contributed by atoms with van der Waals surface area (Å²) in [6.07, 6.45) is 0. The van der Waals surface area contributed by atoms with Gasteiger partial charge in [0, 0.05) is 18.2 Å². The van der Waals surface area contributed by atoms with E-state index in [1.807, 2.05) is 18.2 Å². The summed E-state index contributed by atoms with van der Waals surface area (Å²) in [4.78, 5) is 4.20. The molecule has 0 fully saturated rings. The first-order valence-electron chi connectivity index (χ1n) is 9.23. The summed E-state index contributed by atoms with van der Waals surface area (Å²) < 4.78 is 5.66. The fourth-order valence-electron chi connectivity index (χ4n) is 3.07. The molecule has 0 radical (unpaired) electrons. The number of anilines is 1. The molecular weight excluding hydrogens is 434 g/mol. The molecule has 0 saturated carbocycles. The average molecular weight is 451 g/mol. The molecule has 4 rings (SSSR count). The number of hydrazine groups is 1. The molecule has 0 spiro atoms. The second-order valence-corrected chi connectivity index (χ2v) is 7.09. The van der Waals surface area contributed by atoms with Crippen LogP contribution in [0.1, 0.15) is 0 Å². The Morgan fingerprint density at radius 1 is 0.844 bits per heavy atom. The Morgan fingerprint density at radius 3 is 2.28 bits per heavy atom. The minimum atomic E-state index is -0.525. The lowest BCUT2D eigenvalue weighted by atomic mass is 10.1. The van der Waals surface area contributed by atoms with Crippen LogP contribution < -0.4 is 16.2 Å². The van der Waals surface area contributed by atoms with Gasteiger partial charge in [0.05, 0.1) is 16.6 Å². The van der Waals surface area contributed by atoms with E-state index in [1.165, 1.54) is 18.2 Å². The lowest BCUT2D eigenvalue weighted by molar-refractivity contribution is 0.432. The molecule has 0 unspecified atom stereocenters. The maximum Gasteiger partial charge on any atom is 0.212 e. The Hall–Kier alpha value is -4.44. The number of nitrogens with one attached hydrogen (secondary N) is 2. The van der Waals surface area contributed by atoms with E-state index in [4.69, 9.17) is 16.6 Å². The van der Waals surface area contributed by atoms with Crippen LogP contribution in [0.25, 0.3) is 22.3 Å². The lowest BCUT2D eigenvalue weighted by Gasteiger charge is -2.12. The van der Waals surface area contributed by atoms with Crippen molar-refractivity contribution in [2.75, 3.05) is 5.43 Å². The predicted molar refractivity (Wildman–Crippen MR) is 121 cm³/mol. The van der Waals surface area contributed by atoms with Gasteiger partial charge >= 0.3 is 0 Å². The van der Waals surface area contributed by atoms with Gasteiger partial charge in [0.1, 0.15) is 33.9 Å². The van der Waals surface area contributed by atoms with Gasteiger partial charge in [-0.25, -0.2) is 4.99 Å². The lowest BCUT2D eigenvalue weighted by Crippen LogP contribution is -2.28. The number of phenolic OH excluding ortho intramolecular Hbond substituents is 4. The van der Waals surface area contributed by atoms with E-state index >= 15 is 0 Å². The van der Waals surface area contributed by atoms with Crippen LogP contribution in [-0.4, -0.2) is 30.6 Å². The van der Waals surface area contributed by atoms with Crippen molar-refractivity contribution in [3.05, 3.63) is 66.0 Å². The molecule has 0 atom stereocenters. The first-order valence-corrected chi connectivity index (χ1v) is 9.64. The molecule has 10 heteroatoms. The molecule has 1 heterocycles. The zero-order chi connectivity index (χ0) is 22.8. The number of benzene rings is 3. The number of phenols is 4. The number of aromatic hydroxyl groups is 5. The quantitative estimate of drug-likeness (QED) is 0.184. The highest BCUT2D eigenvalue weighted by Gasteiger charge is 2.20.